The number of imidazole rings is 1. The largest absolute Gasteiger partial charge is 0.508 e. The van der Waals surface area contributed by atoms with Crippen LogP contribution >= 0.6 is 0 Å². The number of carbonyl (C=O) groups excluding carboxylic acids is 1. The molecule has 6 rings (SSSR count). The summed E-state index contributed by atoms with van der Waals surface area (Å²) in [6.07, 6.45) is 0. The summed E-state index contributed by atoms with van der Waals surface area (Å²) in [5, 5.41) is 13.0. The highest BCUT2D eigenvalue weighted by atomic mass is 16.3. The number of aromatic nitrogens is 2. The van der Waals surface area contributed by atoms with E-state index in [0.29, 0.717) is 5.56 Å². The van der Waals surface area contributed by atoms with Gasteiger partial charge in [-0.25, -0.2) is 4.98 Å². The third kappa shape index (κ3) is 4.53. The predicted molar refractivity (Wildman–Crippen MR) is 150 cm³/mol. The number of carbonyl (C=O) groups is 1. The van der Waals surface area contributed by atoms with Crippen molar-refractivity contribution in [1.82, 2.24) is 14.9 Å². The van der Waals surface area contributed by atoms with E-state index < -0.39 is 0 Å². The van der Waals surface area contributed by atoms with Crippen LogP contribution in [0.15, 0.2) is 133 Å². The van der Waals surface area contributed by atoms with Crippen molar-refractivity contribution in [2.24, 2.45) is 0 Å². The molecular weight excluding hydrogens is 470 g/mol. The normalized spacial score (nSPS) is 11.1. The smallest absolute Gasteiger partial charge is 0.252 e. The van der Waals surface area contributed by atoms with Crippen molar-refractivity contribution in [1.29, 1.82) is 0 Å². The molecule has 0 aliphatic heterocycles. The van der Waals surface area contributed by atoms with E-state index in [4.69, 9.17) is 4.98 Å². The predicted octanol–water partition coefficient (Wildman–Crippen LogP) is 6.92. The minimum absolute atomic E-state index is 0.152. The minimum atomic E-state index is -0.261. The second-order valence-corrected chi connectivity index (χ2v) is 9.08. The number of hydrogen-bond acceptors (Lipinski definition) is 3. The number of phenols is 1. The van der Waals surface area contributed by atoms with E-state index in [1.54, 1.807) is 12.1 Å². The lowest BCUT2D eigenvalue weighted by Gasteiger charge is -2.20. The van der Waals surface area contributed by atoms with Gasteiger partial charge in [0, 0.05) is 16.8 Å². The number of benzene rings is 5. The minimum Gasteiger partial charge on any atom is -0.508 e. The monoisotopic (exact) mass is 495 g/mol. The highest BCUT2D eigenvalue weighted by Crippen LogP contribution is 2.30. The third-order valence-electron chi connectivity index (χ3n) is 6.62. The van der Waals surface area contributed by atoms with Crippen LogP contribution in [0.5, 0.6) is 5.75 Å². The van der Waals surface area contributed by atoms with Crippen LogP contribution in [0.4, 0.5) is 0 Å². The van der Waals surface area contributed by atoms with Crippen LogP contribution < -0.4 is 5.32 Å². The van der Waals surface area contributed by atoms with Gasteiger partial charge in [0.05, 0.1) is 17.1 Å². The molecule has 5 heteroatoms. The first-order chi connectivity index (χ1) is 18.7. The van der Waals surface area contributed by atoms with Crippen LogP contribution in [0.3, 0.4) is 0 Å². The lowest BCUT2D eigenvalue weighted by Crippen LogP contribution is -2.29. The first-order valence-electron chi connectivity index (χ1n) is 12.5. The summed E-state index contributed by atoms with van der Waals surface area (Å²) in [7, 11) is 0. The standard InChI is InChI=1S/C33H25N3O2/c37-28-21-19-27(20-22-28)36-30-14-8-7-13-29(30)34-32(36)25-15-17-26(18-16-25)33(38)35-31(23-9-3-1-4-10-23)24-11-5-2-6-12-24/h1-22,31,37H,(H,35,38). The Morgan fingerprint density at radius 1 is 0.684 bits per heavy atom. The zero-order chi connectivity index (χ0) is 25.9. The van der Waals surface area contributed by atoms with Gasteiger partial charge in [0.25, 0.3) is 5.91 Å². The van der Waals surface area contributed by atoms with Gasteiger partial charge in [-0.05, 0) is 59.7 Å². The molecule has 0 fully saturated rings. The van der Waals surface area contributed by atoms with E-state index in [1.807, 2.05) is 121 Å². The molecule has 0 atom stereocenters. The molecule has 5 nitrogen and oxygen atoms in total. The molecule has 6 aromatic rings. The van der Waals surface area contributed by atoms with Gasteiger partial charge in [-0.2, -0.15) is 0 Å². The van der Waals surface area contributed by atoms with Crippen molar-refractivity contribution >= 4 is 16.9 Å². The van der Waals surface area contributed by atoms with Gasteiger partial charge in [0.15, 0.2) is 0 Å². The number of hydrogen-bond donors (Lipinski definition) is 2. The summed E-state index contributed by atoms with van der Waals surface area (Å²) >= 11 is 0. The van der Waals surface area contributed by atoms with Crippen LogP contribution in [-0.2, 0) is 0 Å². The fraction of sp³-hybridized carbons (Fsp3) is 0.0303. The molecule has 0 spiro atoms. The summed E-state index contributed by atoms with van der Waals surface area (Å²) in [4.78, 5) is 18.2. The van der Waals surface area contributed by atoms with Gasteiger partial charge in [-0.1, -0.05) is 84.9 Å². The number of phenolic OH excluding ortho intramolecular Hbond substituents is 1. The zero-order valence-electron chi connectivity index (χ0n) is 20.5. The van der Waals surface area contributed by atoms with Crippen molar-refractivity contribution < 1.29 is 9.90 Å². The molecular formula is C33H25N3O2. The van der Waals surface area contributed by atoms with E-state index in [2.05, 4.69) is 9.88 Å². The molecule has 1 heterocycles. The van der Waals surface area contributed by atoms with Gasteiger partial charge in [-0.3, -0.25) is 9.36 Å². The van der Waals surface area contributed by atoms with Crippen molar-refractivity contribution in [3.05, 3.63) is 150 Å². The molecule has 0 aliphatic carbocycles. The first-order valence-corrected chi connectivity index (χ1v) is 12.5. The van der Waals surface area contributed by atoms with E-state index in [-0.39, 0.29) is 17.7 Å². The lowest BCUT2D eigenvalue weighted by atomic mass is 9.98. The summed E-state index contributed by atoms with van der Waals surface area (Å²) in [5.41, 5.74) is 6.21. The molecule has 0 bridgehead atoms. The zero-order valence-corrected chi connectivity index (χ0v) is 20.5. The van der Waals surface area contributed by atoms with E-state index >= 15 is 0 Å². The van der Waals surface area contributed by atoms with Gasteiger partial charge >= 0.3 is 0 Å². The topological polar surface area (TPSA) is 67.2 Å². The Bertz CT molecular complexity index is 1650. The molecule has 0 unspecified atom stereocenters. The molecule has 0 radical (unpaired) electrons. The fourth-order valence-electron chi connectivity index (χ4n) is 4.72. The average Bonchev–Trinajstić information content (AvgIpc) is 3.37. The molecule has 2 N–H and O–H groups in total. The van der Waals surface area contributed by atoms with Crippen molar-refractivity contribution in [2.75, 3.05) is 0 Å². The molecule has 184 valence electrons. The van der Waals surface area contributed by atoms with E-state index in [0.717, 1.165) is 39.2 Å². The SMILES string of the molecule is O=C(NC(c1ccccc1)c1ccccc1)c1ccc(-c2nc3ccccc3n2-c2ccc(O)cc2)cc1. The Labute approximate surface area is 220 Å². The lowest BCUT2D eigenvalue weighted by molar-refractivity contribution is 0.0943. The highest BCUT2D eigenvalue weighted by molar-refractivity contribution is 5.95. The number of aromatic hydroxyl groups is 1. The number of para-hydroxylation sites is 2. The molecule has 1 amide bonds. The Morgan fingerprint density at radius 2 is 1.26 bits per heavy atom. The van der Waals surface area contributed by atoms with Crippen LogP contribution in [0.25, 0.3) is 28.1 Å². The quantitative estimate of drug-likeness (QED) is 0.264. The Morgan fingerprint density at radius 3 is 1.89 bits per heavy atom. The maximum Gasteiger partial charge on any atom is 0.252 e. The second-order valence-electron chi connectivity index (χ2n) is 9.08. The summed E-state index contributed by atoms with van der Waals surface area (Å²) in [6, 6.07) is 42.2. The Hall–Kier alpha value is -5.16. The van der Waals surface area contributed by atoms with Gasteiger partial charge in [0.1, 0.15) is 11.6 Å². The van der Waals surface area contributed by atoms with Gasteiger partial charge in [-0.15, -0.1) is 0 Å². The number of nitrogens with zero attached hydrogens (tertiary/aromatic N) is 2. The third-order valence-corrected chi connectivity index (χ3v) is 6.62. The number of amides is 1. The summed E-state index contributed by atoms with van der Waals surface area (Å²) in [6.45, 7) is 0. The molecule has 0 saturated carbocycles. The number of rotatable bonds is 6. The van der Waals surface area contributed by atoms with Crippen LogP contribution in [0.2, 0.25) is 0 Å². The van der Waals surface area contributed by atoms with Crippen LogP contribution in [-0.4, -0.2) is 20.6 Å². The highest BCUT2D eigenvalue weighted by Gasteiger charge is 2.19. The Kier molecular flexibility index (Phi) is 6.16. The fourth-order valence-corrected chi connectivity index (χ4v) is 4.72. The molecule has 0 aliphatic rings. The average molecular weight is 496 g/mol. The van der Waals surface area contributed by atoms with Crippen LogP contribution in [0.1, 0.15) is 27.5 Å². The van der Waals surface area contributed by atoms with E-state index in [9.17, 15) is 9.90 Å². The van der Waals surface area contributed by atoms with Crippen molar-refractivity contribution in [2.45, 2.75) is 6.04 Å². The maximum atomic E-state index is 13.4. The second kappa shape index (κ2) is 10.1. The van der Waals surface area contributed by atoms with Crippen molar-refractivity contribution in [3.8, 4) is 22.8 Å². The summed E-state index contributed by atoms with van der Waals surface area (Å²) in [5.74, 6) is 0.816. The van der Waals surface area contributed by atoms with Gasteiger partial charge < -0.3 is 10.4 Å². The maximum absolute atomic E-state index is 13.4. The molecule has 5 aromatic carbocycles. The first kappa shape index (κ1) is 23.3. The summed E-state index contributed by atoms with van der Waals surface area (Å²) < 4.78 is 2.06. The number of nitrogens with one attached hydrogen (secondary N) is 1. The van der Waals surface area contributed by atoms with Gasteiger partial charge in [0.2, 0.25) is 0 Å². The van der Waals surface area contributed by atoms with Crippen LogP contribution in [0, 0.1) is 0 Å². The number of fused-ring (bicyclic) bond motifs is 1. The molecule has 38 heavy (non-hydrogen) atoms. The molecule has 0 saturated heterocycles. The van der Waals surface area contributed by atoms with E-state index in [1.165, 1.54) is 0 Å². The Balaban J connectivity index is 1.33. The van der Waals surface area contributed by atoms with Crippen molar-refractivity contribution in [3.63, 3.8) is 0 Å². The molecule has 1 aromatic heterocycles.